The Morgan fingerprint density at radius 1 is 1.11 bits per heavy atom. The molecule has 6 unspecified atom stereocenters. The number of imidazole rings is 1. The van der Waals surface area contributed by atoms with E-state index in [-0.39, 0.29) is 42.2 Å². The molecule has 4 aromatic rings. The molecule has 2 aromatic carbocycles. The molecule has 7 rings (SSSR count). The molecule has 3 aliphatic carbocycles. The molecule has 2 aromatic heterocycles. The highest BCUT2D eigenvalue weighted by Crippen LogP contribution is 2.63. The summed E-state index contributed by atoms with van der Waals surface area (Å²) in [6.07, 6.45) is 8.99. The zero-order valence-electron chi connectivity index (χ0n) is 26.5. The lowest BCUT2D eigenvalue weighted by molar-refractivity contribution is -0.143. The second-order valence-electron chi connectivity index (χ2n) is 14.1. The van der Waals surface area contributed by atoms with Crippen molar-refractivity contribution in [3.8, 4) is 11.7 Å². The van der Waals surface area contributed by atoms with Crippen LogP contribution in [-0.2, 0) is 18.3 Å². The van der Waals surface area contributed by atoms with Crippen LogP contribution in [0.5, 0.6) is 6.01 Å². The van der Waals surface area contributed by atoms with Crippen LogP contribution in [0.25, 0.3) is 22.8 Å². The van der Waals surface area contributed by atoms with E-state index in [2.05, 4.69) is 37.0 Å². The lowest BCUT2D eigenvalue weighted by atomic mass is 9.45. The molecule has 2 saturated carbocycles. The summed E-state index contributed by atoms with van der Waals surface area (Å²) in [7, 11) is 1.90. The van der Waals surface area contributed by atoms with Gasteiger partial charge in [-0.3, -0.25) is 9.36 Å². The van der Waals surface area contributed by atoms with E-state index < -0.39 is 11.5 Å². The van der Waals surface area contributed by atoms with E-state index in [1.807, 2.05) is 65.0 Å². The number of aryl methyl sites for hydroxylation is 1. The van der Waals surface area contributed by atoms with E-state index in [0.29, 0.717) is 25.3 Å². The van der Waals surface area contributed by atoms with Crippen molar-refractivity contribution < 1.29 is 19.7 Å². The molecule has 45 heavy (non-hydrogen) atoms. The summed E-state index contributed by atoms with van der Waals surface area (Å²) in [5, 5.41) is 26.7. The number of rotatable bonds is 9. The van der Waals surface area contributed by atoms with Crippen LogP contribution in [0.2, 0.25) is 0 Å². The van der Waals surface area contributed by atoms with Gasteiger partial charge in [-0.1, -0.05) is 49.8 Å². The number of benzene rings is 2. The van der Waals surface area contributed by atoms with Crippen LogP contribution in [0.1, 0.15) is 63.6 Å². The maximum absolute atomic E-state index is 13.5. The van der Waals surface area contributed by atoms with Gasteiger partial charge in [0, 0.05) is 20.1 Å². The summed E-state index contributed by atoms with van der Waals surface area (Å²) in [5.41, 5.74) is 6.02. The molecule has 0 amide bonds. The van der Waals surface area contributed by atoms with Crippen molar-refractivity contribution in [2.24, 2.45) is 35.6 Å². The highest BCUT2D eigenvalue weighted by molar-refractivity contribution is 5.81. The summed E-state index contributed by atoms with van der Waals surface area (Å²) >= 11 is 0. The van der Waals surface area contributed by atoms with Gasteiger partial charge in [0.1, 0.15) is 6.61 Å². The van der Waals surface area contributed by atoms with Crippen LogP contribution in [0.15, 0.2) is 66.4 Å². The third-order valence-corrected chi connectivity index (χ3v) is 11.3. The Kier molecular flexibility index (Phi) is 7.69. The molecule has 2 heterocycles. The number of fused-ring (bicyclic) bond motifs is 5. The van der Waals surface area contributed by atoms with E-state index >= 15 is 0 Å². The number of nitrogens with zero attached hydrogens (tertiary/aromatic N) is 4. The van der Waals surface area contributed by atoms with Crippen molar-refractivity contribution in [3.05, 3.63) is 77.6 Å². The molecule has 0 saturated heterocycles. The second kappa shape index (κ2) is 11.6. The minimum absolute atomic E-state index is 0.0162. The lowest BCUT2D eigenvalue weighted by Gasteiger charge is -2.60. The Labute approximate surface area is 264 Å². The van der Waals surface area contributed by atoms with Gasteiger partial charge in [-0.25, -0.2) is 4.68 Å². The summed E-state index contributed by atoms with van der Waals surface area (Å²) in [4.78, 5) is 18.1. The Hall–Kier alpha value is -3.75. The molecule has 3 aliphatic rings. The van der Waals surface area contributed by atoms with Gasteiger partial charge in [-0.15, -0.1) is 0 Å². The van der Waals surface area contributed by atoms with Crippen molar-refractivity contribution in [2.75, 3.05) is 13.2 Å². The first-order chi connectivity index (χ1) is 21.7. The molecule has 8 nitrogen and oxygen atoms in total. The number of hydrogen-bond acceptors (Lipinski definition) is 6. The first-order valence-corrected chi connectivity index (χ1v) is 16.4. The second-order valence-corrected chi connectivity index (χ2v) is 14.1. The van der Waals surface area contributed by atoms with Gasteiger partial charge in [0.25, 0.3) is 6.01 Å². The highest BCUT2D eigenvalue weighted by atomic mass is 16.5. The van der Waals surface area contributed by atoms with Crippen LogP contribution in [0.3, 0.4) is 0 Å². The quantitative estimate of drug-likeness (QED) is 0.244. The average Bonchev–Trinajstić information content (AvgIpc) is 3.58. The Balaban J connectivity index is 1.12. The van der Waals surface area contributed by atoms with Gasteiger partial charge in [-0.2, -0.15) is 10.1 Å². The summed E-state index contributed by atoms with van der Waals surface area (Å²) in [6.45, 7) is 4.59. The van der Waals surface area contributed by atoms with Crippen LogP contribution in [-0.4, -0.2) is 54.6 Å². The maximum Gasteiger partial charge on any atom is 0.297 e. The van der Waals surface area contributed by atoms with Crippen LogP contribution < -0.4 is 4.74 Å². The number of carbonyl (C=O) groups is 1. The van der Waals surface area contributed by atoms with E-state index in [0.717, 1.165) is 48.1 Å². The van der Waals surface area contributed by atoms with E-state index in [1.165, 1.54) is 11.1 Å². The standard InChI is InChI=1S/C37H44N4O4/c1-36(20-27(43)23-45-35-39-30-13-7-8-14-31(30)40(35)3)21-33(44)34-28(29(36)12-9-17-42)16-15-25-18-32-24(19-37(25,34)2)22-38-41(32)26-10-5-4-6-11-26/h4-8,10-11,13-14,18,22,28-29,33-34,42,44H,9,12,15-17,19-21,23H2,1-3H3. The molecule has 0 bridgehead atoms. The minimum Gasteiger partial charge on any atom is -0.457 e. The summed E-state index contributed by atoms with van der Waals surface area (Å²) in [5.74, 6) is 0.563. The Morgan fingerprint density at radius 3 is 2.67 bits per heavy atom. The van der Waals surface area contributed by atoms with Gasteiger partial charge < -0.3 is 14.9 Å². The number of allylic oxidation sites excluding steroid dienone is 1. The van der Waals surface area contributed by atoms with Gasteiger partial charge in [0.15, 0.2) is 5.78 Å². The monoisotopic (exact) mass is 608 g/mol. The SMILES string of the molecule is Cn1c(OCC(=O)CC2(C)CC(O)C3C(CCC4=Cc5c(cnn5-c5ccccc5)CC43C)C2CCCO)nc2ccccc21. The highest BCUT2D eigenvalue weighted by Gasteiger charge is 2.58. The zero-order chi connectivity index (χ0) is 31.3. The summed E-state index contributed by atoms with van der Waals surface area (Å²) in [6, 6.07) is 18.5. The molecular formula is C37H44N4O4. The van der Waals surface area contributed by atoms with Gasteiger partial charge in [-0.05, 0) is 103 Å². The lowest BCUT2D eigenvalue weighted by Crippen LogP contribution is -2.57. The number of aromatic nitrogens is 4. The van der Waals surface area contributed by atoms with Crippen molar-refractivity contribution in [2.45, 2.75) is 64.9 Å². The molecule has 6 atom stereocenters. The third kappa shape index (κ3) is 5.12. The fourth-order valence-corrected chi connectivity index (χ4v) is 9.37. The van der Waals surface area contributed by atoms with Crippen molar-refractivity contribution in [1.82, 2.24) is 19.3 Å². The molecule has 8 heteroatoms. The molecule has 0 aliphatic heterocycles. The van der Waals surface area contributed by atoms with E-state index in [9.17, 15) is 15.0 Å². The van der Waals surface area contributed by atoms with Crippen LogP contribution in [0, 0.1) is 28.6 Å². The predicted octanol–water partition coefficient (Wildman–Crippen LogP) is 5.93. The number of Topliss-reactive ketones (excluding diaryl/α,β-unsaturated/α-hetero) is 1. The minimum atomic E-state index is -0.529. The van der Waals surface area contributed by atoms with E-state index in [1.54, 1.807) is 0 Å². The predicted molar refractivity (Wildman–Crippen MR) is 174 cm³/mol. The molecule has 2 N–H and O–H groups in total. The number of ketones is 1. The average molecular weight is 609 g/mol. The number of ether oxygens (including phenoxy) is 1. The smallest absolute Gasteiger partial charge is 0.297 e. The number of hydrogen-bond donors (Lipinski definition) is 2. The first-order valence-electron chi connectivity index (χ1n) is 16.4. The first kappa shape index (κ1) is 29.9. The topological polar surface area (TPSA) is 102 Å². The van der Waals surface area contributed by atoms with Crippen molar-refractivity contribution >= 4 is 22.9 Å². The van der Waals surface area contributed by atoms with Crippen molar-refractivity contribution in [1.29, 1.82) is 0 Å². The zero-order valence-corrected chi connectivity index (χ0v) is 26.5. The number of carbonyl (C=O) groups excluding carboxylic acids is 1. The third-order valence-electron chi connectivity index (χ3n) is 11.3. The Morgan fingerprint density at radius 2 is 1.89 bits per heavy atom. The van der Waals surface area contributed by atoms with Gasteiger partial charge >= 0.3 is 0 Å². The van der Waals surface area contributed by atoms with Gasteiger partial charge in [0.2, 0.25) is 0 Å². The summed E-state index contributed by atoms with van der Waals surface area (Å²) < 4.78 is 9.87. The molecule has 0 spiro atoms. The maximum atomic E-state index is 13.5. The Bertz CT molecular complexity index is 1740. The molecule has 0 radical (unpaired) electrons. The molecule has 2 fully saturated rings. The van der Waals surface area contributed by atoms with Crippen LogP contribution >= 0.6 is 0 Å². The number of para-hydroxylation sites is 3. The van der Waals surface area contributed by atoms with Crippen molar-refractivity contribution in [3.63, 3.8) is 0 Å². The molecule has 236 valence electrons. The van der Waals surface area contributed by atoms with Gasteiger partial charge in [0.05, 0.1) is 34.7 Å². The number of aliphatic hydroxyl groups excluding tert-OH is 2. The van der Waals surface area contributed by atoms with Crippen LogP contribution in [0.4, 0.5) is 0 Å². The normalized spacial score (nSPS) is 29.0. The fraction of sp³-hybridized carbons (Fsp3) is 0.486. The fourth-order valence-electron chi connectivity index (χ4n) is 9.37. The molecular weight excluding hydrogens is 564 g/mol. The van der Waals surface area contributed by atoms with E-state index in [4.69, 9.17) is 9.84 Å². The largest absolute Gasteiger partial charge is 0.457 e. The number of aliphatic hydroxyl groups is 2.